The Hall–Kier alpha value is -5.09. The average Bonchev–Trinajstić information content (AvgIpc) is 3.57. The fraction of sp³-hybridized carbons (Fsp3) is 0.212. The van der Waals surface area contributed by atoms with Crippen LogP contribution in [0.5, 0.6) is 5.75 Å². The molecule has 10 nitrogen and oxygen atoms in total. The van der Waals surface area contributed by atoms with Gasteiger partial charge in [0.25, 0.3) is 11.8 Å². The van der Waals surface area contributed by atoms with Crippen LogP contribution in [-0.2, 0) is 4.74 Å². The van der Waals surface area contributed by atoms with E-state index in [2.05, 4.69) is 20.6 Å². The molecule has 224 valence electrons. The number of aromatic hydroxyl groups is 1. The third-order valence-electron chi connectivity index (χ3n) is 7.31. The van der Waals surface area contributed by atoms with Gasteiger partial charge < -0.3 is 25.0 Å². The molecule has 0 spiro atoms. The third-order valence-corrected chi connectivity index (χ3v) is 7.68. The largest absolute Gasteiger partial charge is 0.507 e. The molecule has 0 saturated carbocycles. The lowest BCUT2D eigenvalue weighted by atomic mass is 9.95. The molecule has 0 unspecified atom stereocenters. The van der Waals surface area contributed by atoms with E-state index >= 15 is 0 Å². The third kappa shape index (κ3) is 5.63. The highest BCUT2D eigenvalue weighted by molar-refractivity contribution is 6.19. The summed E-state index contributed by atoms with van der Waals surface area (Å²) in [4.78, 5) is 47.8. The molecule has 4 aromatic carbocycles. The molecule has 1 aliphatic heterocycles. The number of hydrogen-bond donors (Lipinski definition) is 4. The number of aromatic nitrogens is 2. The summed E-state index contributed by atoms with van der Waals surface area (Å²) in [7, 11) is 0. The molecule has 2 heterocycles. The minimum atomic E-state index is -0.625. The van der Waals surface area contributed by atoms with Gasteiger partial charge in [-0.05, 0) is 74.2 Å². The van der Waals surface area contributed by atoms with E-state index in [9.17, 15) is 19.5 Å². The van der Waals surface area contributed by atoms with Crippen LogP contribution in [0, 0.1) is 0 Å². The zero-order valence-electron chi connectivity index (χ0n) is 24.3. The maximum Gasteiger partial charge on any atom is 0.412 e. The van der Waals surface area contributed by atoms with Gasteiger partial charge in [0.2, 0.25) is 0 Å². The van der Waals surface area contributed by atoms with Gasteiger partial charge in [-0.15, -0.1) is 11.6 Å². The number of phenols is 1. The minimum Gasteiger partial charge on any atom is -0.507 e. The molecule has 5 aromatic rings. The molecule has 0 aliphatic carbocycles. The van der Waals surface area contributed by atoms with Crippen LogP contribution in [0.1, 0.15) is 53.2 Å². The van der Waals surface area contributed by atoms with E-state index in [1.807, 2.05) is 24.3 Å². The molecule has 11 heteroatoms. The summed E-state index contributed by atoms with van der Waals surface area (Å²) in [6, 6.07) is 20.7. The van der Waals surface area contributed by atoms with Gasteiger partial charge in [-0.25, -0.2) is 9.78 Å². The smallest absolute Gasteiger partial charge is 0.412 e. The van der Waals surface area contributed by atoms with Crippen molar-refractivity contribution in [3.8, 4) is 5.75 Å². The molecule has 3 amide bonds. The zero-order valence-corrected chi connectivity index (χ0v) is 25.0. The van der Waals surface area contributed by atoms with Gasteiger partial charge >= 0.3 is 6.09 Å². The van der Waals surface area contributed by atoms with Crippen molar-refractivity contribution in [2.75, 3.05) is 28.0 Å². The van der Waals surface area contributed by atoms with Gasteiger partial charge in [-0.1, -0.05) is 24.3 Å². The summed E-state index contributed by atoms with van der Waals surface area (Å²) in [6.45, 7) is 5.68. The Morgan fingerprint density at radius 1 is 1.00 bits per heavy atom. The molecule has 1 aliphatic rings. The van der Waals surface area contributed by atoms with Crippen LogP contribution in [0.15, 0.2) is 72.8 Å². The van der Waals surface area contributed by atoms with Crippen molar-refractivity contribution in [3.63, 3.8) is 0 Å². The van der Waals surface area contributed by atoms with Crippen LogP contribution in [0.3, 0.4) is 0 Å². The first-order valence-corrected chi connectivity index (χ1v) is 14.6. The molecular weight excluding hydrogens is 582 g/mol. The molecule has 4 N–H and O–H groups in total. The van der Waals surface area contributed by atoms with Crippen LogP contribution in [0.25, 0.3) is 21.8 Å². The number of hydrogen-bond acceptors (Lipinski definition) is 6. The first kappa shape index (κ1) is 29.0. The maximum atomic E-state index is 13.7. The van der Waals surface area contributed by atoms with Crippen molar-refractivity contribution >= 4 is 68.4 Å². The Bertz CT molecular complexity index is 1930. The first-order chi connectivity index (χ1) is 21.0. The van der Waals surface area contributed by atoms with Gasteiger partial charge in [-0.3, -0.25) is 14.9 Å². The van der Waals surface area contributed by atoms with Crippen LogP contribution in [-0.4, -0.2) is 51.0 Å². The second-order valence-electron chi connectivity index (χ2n) is 11.6. The van der Waals surface area contributed by atoms with Gasteiger partial charge in [0.15, 0.2) is 5.82 Å². The number of aromatic amines is 1. The van der Waals surface area contributed by atoms with E-state index in [1.54, 1.807) is 74.2 Å². The summed E-state index contributed by atoms with van der Waals surface area (Å²) in [6.07, 6.45) is -0.583. The Balaban J connectivity index is 1.19. The molecule has 0 radical (unpaired) electrons. The summed E-state index contributed by atoms with van der Waals surface area (Å²) in [5, 5.41) is 17.8. The van der Waals surface area contributed by atoms with Gasteiger partial charge in [-0.2, -0.15) is 0 Å². The first-order valence-electron chi connectivity index (χ1n) is 14.0. The maximum absolute atomic E-state index is 13.7. The van der Waals surface area contributed by atoms with Crippen molar-refractivity contribution < 1.29 is 24.2 Å². The number of imidazole rings is 1. The van der Waals surface area contributed by atoms with Crippen LogP contribution >= 0.6 is 11.6 Å². The number of nitrogens with zero attached hydrogens (tertiary/aromatic N) is 2. The second-order valence-corrected chi connectivity index (χ2v) is 11.9. The quantitative estimate of drug-likeness (QED) is 0.158. The fourth-order valence-electron chi connectivity index (χ4n) is 5.39. The van der Waals surface area contributed by atoms with E-state index in [1.165, 1.54) is 0 Å². The number of H-pyrrole nitrogens is 1. The fourth-order valence-corrected chi connectivity index (χ4v) is 5.64. The summed E-state index contributed by atoms with van der Waals surface area (Å²) in [5.74, 6) is -0.268. The number of fused-ring (bicyclic) bond motifs is 4. The Kier molecular flexibility index (Phi) is 7.38. The van der Waals surface area contributed by atoms with Gasteiger partial charge in [0.1, 0.15) is 11.4 Å². The highest BCUT2D eigenvalue weighted by atomic mass is 35.5. The molecule has 0 bridgehead atoms. The van der Waals surface area contributed by atoms with Crippen molar-refractivity contribution in [1.82, 2.24) is 9.97 Å². The SMILES string of the molecule is CC(C)(C)OC(=O)Nc1ccc(C(=O)Nc2ccc3nc(C(=O)N4C[C@@H](CCl)c5c4cc(O)c4ccccc54)[nH]c3c2)cc1. The Morgan fingerprint density at radius 3 is 2.41 bits per heavy atom. The Morgan fingerprint density at radius 2 is 1.70 bits per heavy atom. The van der Waals surface area contributed by atoms with E-state index in [-0.39, 0.29) is 29.3 Å². The van der Waals surface area contributed by atoms with Gasteiger partial charge in [0.05, 0.1) is 16.7 Å². The number of halogens is 1. The monoisotopic (exact) mass is 611 g/mol. The Labute approximate surface area is 258 Å². The standard InChI is InChI=1S/C33H30ClN5O5/c1-33(2,3)44-32(43)36-20-10-8-18(9-11-20)30(41)35-21-12-13-24-25(14-21)38-29(37-24)31(42)39-17-19(16-34)28-23-7-5-4-6-22(23)27(40)15-26(28)39/h4-15,19,40H,16-17H2,1-3H3,(H,35,41)(H,36,43)(H,37,38)/t19-/m1/s1. The van der Waals surface area contributed by atoms with Crippen molar-refractivity contribution in [1.29, 1.82) is 0 Å². The number of amides is 3. The molecule has 0 fully saturated rings. The van der Waals surface area contributed by atoms with Crippen LogP contribution in [0.2, 0.25) is 0 Å². The summed E-state index contributed by atoms with van der Waals surface area (Å²) in [5.41, 5.74) is 3.42. The number of alkyl halides is 1. The van der Waals surface area contributed by atoms with Crippen molar-refractivity contribution in [3.05, 3.63) is 89.7 Å². The lowest BCUT2D eigenvalue weighted by Crippen LogP contribution is -2.30. The number of carbonyl (C=O) groups is 3. The summed E-state index contributed by atoms with van der Waals surface area (Å²) < 4.78 is 5.25. The van der Waals surface area contributed by atoms with Crippen molar-refractivity contribution in [2.24, 2.45) is 0 Å². The number of rotatable bonds is 5. The lowest BCUT2D eigenvalue weighted by molar-refractivity contribution is 0.0635. The molecule has 6 rings (SSSR count). The molecule has 0 saturated heterocycles. The lowest BCUT2D eigenvalue weighted by Gasteiger charge is -2.19. The van der Waals surface area contributed by atoms with E-state index < -0.39 is 11.7 Å². The van der Waals surface area contributed by atoms with Crippen LogP contribution in [0.4, 0.5) is 21.9 Å². The molecule has 1 aromatic heterocycles. The number of carbonyl (C=O) groups excluding carboxylic acids is 3. The number of benzene rings is 4. The zero-order chi connectivity index (χ0) is 31.2. The topological polar surface area (TPSA) is 137 Å². The van der Waals surface area contributed by atoms with Crippen LogP contribution < -0.4 is 15.5 Å². The number of nitrogens with one attached hydrogen (secondary N) is 3. The number of phenolic OH excluding ortho intramolecular Hbond substituents is 1. The highest BCUT2D eigenvalue weighted by Crippen LogP contribution is 2.45. The van der Waals surface area contributed by atoms with Gasteiger partial charge in [0, 0.05) is 46.7 Å². The predicted molar refractivity (Wildman–Crippen MR) is 171 cm³/mol. The minimum absolute atomic E-state index is 0.0892. The second kappa shape index (κ2) is 11.2. The molecule has 44 heavy (non-hydrogen) atoms. The molecular formula is C33H30ClN5O5. The van der Waals surface area contributed by atoms with E-state index in [4.69, 9.17) is 16.3 Å². The number of anilines is 3. The van der Waals surface area contributed by atoms with E-state index in [0.29, 0.717) is 51.5 Å². The predicted octanol–water partition coefficient (Wildman–Crippen LogP) is 7.00. The van der Waals surface area contributed by atoms with E-state index in [0.717, 1.165) is 10.9 Å². The number of ether oxygens (including phenoxy) is 1. The molecule has 1 atom stereocenters. The summed E-state index contributed by atoms with van der Waals surface area (Å²) >= 11 is 6.33. The van der Waals surface area contributed by atoms with Crippen molar-refractivity contribution in [2.45, 2.75) is 32.3 Å². The highest BCUT2D eigenvalue weighted by Gasteiger charge is 2.36. The normalized spacial score (nSPS) is 14.5. The average molecular weight is 612 g/mol.